The minimum atomic E-state index is -0.403. The number of anilines is 3. The van der Waals surface area contributed by atoms with Gasteiger partial charge in [0.05, 0.1) is 23.6 Å². The van der Waals surface area contributed by atoms with Crippen LogP contribution in [0.25, 0.3) is 11.3 Å². The molecule has 0 bridgehead atoms. The molecular formula is C29H35N9O2. The summed E-state index contributed by atoms with van der Waals surface area (Å²) in [5.41, 5.74) is 4.53. The third kappa shape index (κ3) is 6.26. The van der Waals surface area contributed by atoms with Gasteiger partial charge in [0.2, 0.25) is 0 Å². The van der Waals surface area contributed by atoms with Crippen molar-refractivity contribution < 1.29 is 9.32 Å². The van der Waals surface area contributed by atoms with Crippen molar-refractivity contribution in [3.63, 3.8) is 0 Å². The first-order chi connectivity index (χ1) is 19.2. The third-order valence-corrected chi connectivity index (χ3v) is 6.82. The molecule has 1 aliphatic heterocycles. The molecule has 3 N–H and O–H groups in total. The minimum absolute atomic E-state index is 0.0417. The van der Waals surface area contributed by atoms with E-state index in [4.69, 9.17) is 4.52 Å². The molecule has 4 aromatic rings. The van der Waals surface area contributed by atoms with E-state index in [1.54, 1.807) is 0 Å². The first-order valence-corrected chi connectivity index (χ1v) is 13.4. The van der Waals surface area contributed by atoms with Crippen molar-refractivity contribution in [2.45, 2.75) is 46.1 Å². The number of carbonyl (C=O) groups is 1. The average Bonchev–Trinajstić information content (AvgIpc) is 3.46. The van der Waals surface area contributed by atoms with Gasteiger partial charge in [0.1, 0.15) is 18.0 Å². The maximum atomic E-state index is 12.7. The molecule has 5 rings (SSSR count). The highest BCUT2D eigenvalue weighted by Gasteiger charge is 2.25. The Morgan fingerprint density at radius 1 is 1.05 bits per heavy atom. The molecule has 1 aliphatic rings. The van der Waals surface area contributed by atoms with Crippen LogP contribution in [0.4, 0.5) is 17.3 Å². The monoisotopic (exact) mass is 541 g/mol. The second-order valence-electron chi connectivity index (χ2n) is 11.0. The lowest BCUT2D eigenvalue weighted by atomic mass is 9.96. The van der Waals surface area contributed by atoms with Crippen LogP contribution >= 0.6 is 0 Å². The Morgan fingerprint density at radius 3 is 2.52 bits per heavy atom. The lowest BCUT2D eigenvalue weighted by Gasteiger charge is -2.29. The maximum absolute atomic E-state index is 12.7. The molecule has 1 fully saturated rings. The highest BCUT2D eigenvalue weighted by molar-refractivity contribution is 5.89. The van der Waals surface area contributed by atoms with Crippen molar-refractivity contribution in [3.05, 3.63) is 71.8 Å². The van der Waals surface area contributed by atoms with Crippen LogP contribution in [-0.4, -0.2) is 57.2 Å². The van der Waals surface area contributed by atoms with E-state index >= 15 is 0 Å². The smallest absolute Gasteiger partial charge is 0.315 e. The summed E-state index contributed by atoms with van der Waals surface area (Å²) in [5.74, 6) is 1.42. The molecule has 40 heavy (non-hydrogen) atoms. The standard InChI is InChI=1S/C29H35N9O2/c1-18-14-20(6-8-22(18)19(2)34-26(39)27-36-28(37-40-27)29(3,4)5)23-15-25(33-17-32-23)35-24-9-7-21(16-31-24)38-12-10-30-11-13-38/h6-9,14-17,19,30H,10-13H2,1-5H3,(H,34,39)(H,31,32,33,35). The van der Waals surface area contributed by atoms with Crippen LogP contribution in [0.15, 0.2) is 53.4 Å². The van der Waals surface area contributed by atoms with Gasteiger partial charge in [-0.05, 0) is 43.2 Å². The third-order valence-electron chi connectivity index (χ3n) is 6.82. The van der Waals surface area contributed by atoms with Crippen LogP contribution in [0.3, 0.4) is 0 Å². The summed E-state index contributed by atoms with van der Waals surface area (Å²) in [6.45, 7) is 13.7. The van der Waals surface area contributed by atoms with Crippen LogP contribution in [0.2, 0.25) is 0 Å². The van der Waals surface area contributed by atoms with Crippen LogP contribution in [-0.2, 0) is 5.41 Å². The van der Waals surface area contributed by atoms with Crippen LogP contribution in [0.5, 0.6) is 0 Å². The van der Waals surface area contributed by atoms with Crippen LogP contribution in [0.1, 0.15) is 61.4 Å². The molecule has 11 heteroatoms. The number of aryl methyl sites for hydroxylation is 1. The normalized spacial score (nSPS) is 14.6. The van der Waals surface area contributed by atoms with E-state index in [1.807, 2.05) is 65.1 Å². The van der Waals surface area contributed by atoms with Crippen molar-refractivity contribution in [3.8, 4) is 11.3 Å². The van der Waals surface area contributed by atoms with Crippen molar-refractivity contribution in [2.75, 3.05) is 36.4 Å². The Hall–Kier alpha value is -4.38. The number of amides is 1. The molecule has 0 radical (unpaired) electrons. The van der Waals surface area contributed by atoms with Crippen molar-refractivity contribution >= 4 is 23.2 Å². The Balaban J connectivity index is 1.25. The van der Waals surface area contributed by atoms with Crippen LogP contribution < -0.4 is 20.9 Å². The largest absolute Gasteiger partial charge is 0.368 e. The number of benzene rings is 1. The number of carbonyl (C=O) groups excluding carboxylic acids is 1. The number of nitrogens with one attached hydrogen (secondary N) is 3. The summed E-state index contributed by atoms with van der Waals surface area (Å²) in [5, 5.41) is 13.5. The molecule has 0 saturated carbocycles. The minimum Gasteiger partial charge on any atom is -0.368 e. The van der Waals surface area contributed by atoms with E-state index in [0.717, 1.165) is 60.1 Å². The van der Waals surface area contributed by atoms with Crippen molar-refractivity contribution in [2.24, 2.45) is 0 Å². The number of pyridine rings is 1. The summed E-state index contributed by atoms with van der Waals surface area (Å²) >= 11 is 0. The van der Waals surface area contributed by atoms with E-state index < -0.39 is 5.91 Å². The molecule has 208 valence electrons. The number of rotatable bonds is 7. The number of hydrogen-bond acceptors (Lipinski definition) is 10. The van der Waals surface area contributed by atoms with Gasteiger partial charge in [0, 0.05) is 43.2 Å². The maximum Gasteiger partial charge on any atom is 0.315 e. The number of piperazine rings is 1. The van der Waals surface area contributed by atoms with Gasteiger partial charge in [-0.3, -0.25) is 4.79 Å². The lowest BCUT2D eigenvalue weighted by molar-refractivity contribution is 0.0895. The quantitative estimate of drug-likeness (QED) is 0.313. The molecule has 1 amide bonds. The summed E-state index contributed by atoms with van der Waals surface area (Å²) in [7, 11) is 0. The SMILES string of the molecule is Cc1cc(-c2cc(Nc3ccc(N4CCNCC4)cn3)ncn2)ccc1C(C)NC(=O)c1nc(C(C)(C)C)no1. The fraction of sp³-hybridized carbons (Fsp3) is 0.379. The molecular weight excluding hydrogens is 506 g/mol. The molecule has 1 atom stereocenters. The predicted octanol–water partition coefficient (Wildman–Crippen LogP) is 4.17. The topological polar surface area (TPSA) is 134 Å². The Bertz CT molecular complexity index is 1470. The van der Waals surface area contributed by atoms with Gasteiger partial charge in [0.15, 0.2) is 5.82 Å². The molecule has 1 aromatic carbocycles. The fourth-order valence-corrected chi connectivity index (χ4v) is 4.56. The van der Waals surface area contributed by atoms with Crippen molar-refractivity contribution in [1.82, 2.24) is 35.7 Å². The van der Waals surface area contributed by atoms with Gasteiger partial charge >= 0.3 is 11.8 Å². The van der Waals surface area contributed by atoms with E-state index in [1.165, 1.54) is 6.33 Å². The van der Waals surface area contributed by atoms with Crippen molar-refractivity contribution in [1.29, 1.82) is 0 Å². The van der Waals surface area contributed by atoms with Gasteiger partial charge in [-0.25, -0.2) is 15.0 Å². The predicted molar refractivity (Wildman–Crippen MR) is 154 cm³/mol. The van der Waals surface area contributed by atoms with Gasteiger partial charge in [-0.1, -0.05) is 38.1 Å². The highest BCUT2D eigenvalue weighted by atomic mass is 16.5. The number of aromatic nitrogens is 5. The second kappa shape index (κ2) is 11.4. The Labute approximate surface area is 233 Å². The van der Waals surface area contributed by atoms with E-state index in [9.17, 15) is 4.79 Å². The van der Waals surface area contributed by atoms with Gasteiger partial charge in [-0.2, -0.15) is 4.98 Å². The zero-order chi connectivity index (χ0) is 28.3. The fourth-order valence-electron chi connectivity index (χ4n) is 4.56. The zero-order valence-electron chi connectivity index (χ0n) is 23.5. The van der Waals surface area contributed by atoms with Gasteiger partial charge in [0.25, 0.3) is 0 Å². The second-order valence-corrected chi connectivity index (χ2v) is 11.0. The molecule has 3 aromatic heterocycles. The summed E-state index contributed by atoms with van der Waals surface area (Å²) in [6.07, 6.45) is 3.43. The zero-order valence-corrected chi connectivity index (χ0v) is 23.5. The highest BCUT2D eigenvalue weighted by Crippen LogP contribution is 2.27. The summed E-state index contributed by atoms with van der Waals surface area (Å²) < 4.78 is 5.18. The Kier molecular flexibility index (Phi) is 7.74. The molecule has 4 heterocycles. The first kappa shape index (κ1) is 27.2. The summed E-state index contributed by atoms with van der Waals surface area (Å²) in [6, 6.07) is 11.7. The number of nitrogens with zero attached hydrogens (tertiary/aromatic N) is 6. The molecule has 1 unspecified atom stereocenters. The summed E-state index contributed by atoms with van der Waals surface area (Å²) in [4.78, 5) is 32.7. The van der Waals surface area contributed by atoms with E-state index in [-0.39, 0.29) is 17.3 Å². The lowest BCUT2D eigenvalue weighted by Crippen LogP contribution is -2.43. The Morgan fingerprint density at radius 2 is 1.85 bits per heavy atom. The molecule has 1 saturated heterocycles. The van der Waals surface area contributed by atoms with Gasteiger partial charge < -0.3 is 25.4 Å². The average molecular weight is 542 g/mol. The van der Waals surface area contributed by atoms with E-state index in [2.05, 4.69) is 58.1 Å². The van der Waals surface area contributed by atoms with Crippen LogP contribution in [0, 0.1) is 6.92 Å². The first-order valence-electron chi connectivity index (χ1n) is 13.4. The van der Waals surface area contributed by atoms with E-state index in [0.29, 0.717) is 11.6 Å². The molecule has 0 spiro atoms. The van der Waals surface area contributed by atoms with Gasteiger partial charge in [-0.15, -0.1) is 0 Å². The molecule has 11 nitrogen and oxygen atoms in total. The number of hydrogen-bond donors (Lipinski definition) is 3. The molecule has 0 aliphatic carbocycles.